The average Bonchev–Trinajstić information content (AvgIpc) is 3.20. The molecule has 4 rings (SSSR count). The highest BCUT2D eigenvalue weighted by Crippen LogP contribution is 2.31. The van der Waals surface area contributed by atoms with E-state index in [4.69, 9.17) is 0 Å². The number of rotatable bonds is 4. The largest absolute Gasteiger partial charge is 0.141 e. The summed E-state index contributed by atoms with van der Waals surface area (Å²) in [6.07, 6.45) is 1.03. The third-order valence-electron chi connectivity index (χ3n) is 4.48. The summed E-state index contributed by atoms with van der Waals surface area (Å²) in [4.78, 5) is 5.68. The molecule has 0 atom stereocenters. The minimum atomic E-state index is 1.03. The smallest absolute Gasteiger partial charge is 0.140 e. The molecule has 2 aromatic heterocycles. The van der Waals surface area contributed by atoms with E-state index in [0.717, 1.165) is 6.42 Å². The maximum Gasteiger partial charge on any atom is 0.140 e. The highest BCUT2D eigenvalue weighted by atomic mass is 32.1. The van der Waals surface area contributed by atoms with Crippen LogP contribution in [0.15, 0.2) is 72.8 Å². The van der Waals surface area contributed by atoms with Gasteiger partial charge in [-0.2, -0.15) is 0 Å². The summed E-state index contributed by atoms with van der Waals surface area (Å²) in [6.45, 7) is 0. The van der Waals surface area contributed by atoms with Gasteiger partial charge in [0.05, 0.1) is 0 Å². The van der Waals surface area contributed by atoms with Crippen LogP contribution >= 0.6 is 22.7 Å². The van der Waals surface area contributed by atoms with Crippen LogP contribution in [0.1, 0.15) is 9.75 Å². The molecule has 2 aromatic carbocycles. The lowest BCUT2D eigenvalue weighted by Crippen LogP contribution is -2.09. The van der Waals surface area contributed by atoms with Crippen molar-refractivity contribution in [2.75, 3.05) is 0 Å². The van der Waals surface area contributed by atoms with Crippen molar-refractivity contribution in [1.29, 1.82) is 0 Å². The van der Waals surface area contributed by atoms with E-state index in [1.54, 1.807) is 0 Å². The lowest BCUT2D eigenvalue weighted by atomic mass is 9.91. The number of benzene rings is 2. The summed E-state index contributed by atoms with van der Waals surface area (Å²) in [5.74, 6) is 0. The minimum Gasteiger partial charge on any atom is -0.141 e. The fraction of sp³-hybridized carbons (Fsp3) is 0.0476. The molecule has 4 aromatic rings. The molecule has 0 aliphatic carbocycles. The summed E-state index contributed by atoms with van der Waals surface area (Å²) in [7, 11) is 4.47. The number of thiophene rings is 2. The van der Waals surface area contributed by atoms with Gasteiger partial charge in [-0.25, -0.2) is 0 Å². The van der Waals surface area contributed by atoms with E-state index >= 15 is 0 Å². The van der Waals surface area contributed by atoms with Gasteiger partial charge >= 0.3 is 0 Å². The topological polar surface area (TPSA) is 0 Å². The van der Waals surface area contributed by atoms with Gasteiger partial charge in [-0.15, -0.1) is 22.7 Å². The highest BCUT2D eigenvalue weighted by Gasteiger charge is 2.12. The molecule has 0 radical (unpaired) electrons. The predicted molar refractivity (Wildman–Crippen MR) is 119 cm³/mol. The predicted octanol–water partition coefficient (Wildman–Crippen LogP) is 3.25. The van der Waals surface area contributed by atoms with Crippen molar-refractivity contribution >= 4 is 49.3 Å². The number of hydrogen-bond acceptors (Lipinski definition) is 2. The Balaban J connectivity index is 1.63. The van der Waals surface area contributed by atoms with Crippen LogP contribution in [0.5, 0.6) is 0 Å². The minimum absolute atomic E-state index is 1.03. The molecule has 4 heteroatoms. The van der Waals surface area contributed by atoms with Gasteiger partial charge in [0.15, 0.2) is 0 Å². The standard InChI is InChI=1S/C21H18B2S2/c22-16-11-18(14-7-3-1-4-8-14)24-20(16)13-21-17(23)12-19(25-21)15-9-5-2-6-10-15/h1-12H,13,22-23H2. The first-order valence-corrected chi connectivity index (χ1v) is 10.1. The van der Waals surface area contributed by atoms with Crippen LogP contribution in [0.2, 0.25) is 0 Å². The Kier molecular flexibility index (Phi) is 4.65. The molecular weight excluding hydrogens is 338 g/mol. The Labute approximate surface area is 159 Å². The van der Waals surface area contributed by atoms with Crippen molar-refractivity contribution in [2.24, 2.45) is 0 Å². The van der Waals surface area contributed by atoms with E-state index in [9.17, 15) is 0 Å². The van der Waals surface area contributed by atoms with Crippen molar-refractivity contribution in [2.45, 2.75) is 6.42 Å². The van der Waals surface area contributed by atoms with E-state index in [2.05, 4.69) is 88.5 Å². The maximum absolute atomic E-state index is 2.33. The van der Waals surface area contributed by atoms with E-state index in [0.29, 0.717) is 0 Å². The van der Waals surface area contributed by atoms with Crippen molar-refractivity contribution in [3.63, 3.8) is 0 Å². The molecule has 0 nitrogen and oxygen atoms in total. The Morgan fingerprint density at radius 1 is 0.600 bits per heavy atom. The third-order valence-corrected chi connectivity index (χ3v) is 7.05. The SMILES string of the molecule is Bc1cc(-c2ccccc2)sc1Cc1sc(-c2ccccc2)cc1B. The van der Waals surface area contributed by atoms with Crippen LogP contribution in [0, 0.1) is 0 Å². The second-order valence-corrected chi connectivity index (χ2v) is 8.62. The van der Waals surface area contributed by atoms with Crippen LogP contribution < -0.4 is 10.9 Å². The van der Waals surface area contributed by atoms with Crippen LogP contribution in [0.3, 0.4) is 0 Å². The Morgan fingerprint density at radius 3 is 1.40 bits per heavy atom. The summed E-state index contributed by atoms with van der Waals surface area (Å²) in [5, 5.41) is 0. The van der Waals surface area contributed by atoms with Gasteiger partial charge in [0.25, 0.3) is 0 Å². The quantitative estimate of drug-likeness (QED) is 0.493. The fourth-order valence-corrected chi connectivity index (χ4v) is 5.50. The van der Waals surface area contributed by atoms with Crippen LogP contribution in [0.25, 0.3) is 20.9 Å². The molecule has 0 unspecified atom stereocenters. The van der Waals surface area contributed by atoms with Gasteiger partial charge in [-0.1, -0.05) is 71.6 Å². The Morgan fingerprint density at radius 2 is 1.00 bits per heavy atom. The molecule has 0 bridgehead atoms. The fourth-order valence-electron chi connectivity index (χ4n) is 3.03. The second-order valence-electron chi connectivity index (χ2n) is 6.34. The third kappa shape index (κ3) is 3.51. The molecule has 2 heterocycles. The maximum atomic E-state index is 2.33. The van der Waals surface area contributed by atoms with Gasteiger partial charge in [-0.3, -0.25) is 0 Å². The van der Waals surface area contributed by atoms with E-state index in [-0.39, 0.29) is 0 Å². The van der Waals surface area contributed by atoms with Crippen molar-refractivity contribution in [3.05, 3.63) is 82.6 Å². The monoisotopic (exact) mass is 356 g/mol. The zero-order valence-corrected chi connectivity index (χ0v) is 16.1. The molecule has 0 N–H and O–H groups in total. The van der Waals surface area contributed by atoms with E-state index in [1.807, 2.05) is 22.7 Å². The second kappa shape index (κ2) is 7.07. The normalized spacial score (nSPS) is 10.9. The zero-order chi connectivity index (χ0) is 17.2. The molecule has 120 valence electrons. The zero-order valence-electron chi connectivity index (χ0n) is 14.5. The average molecular weight is 356 g/mol. The molecule has 0 spiro atoms. The Hall–Kier alpha value is -2.03. The van der Waals surface area contributed by atoms with Crippen molar-refractivity contribution < 1.29 is 0 Å². The molecule has 0 amide bonds. The molecule has 0 saturated carbocycles. The van der Waals surface area contributed by atoms with Crippen LogP contribution in [-0.2, 0) is 6.42 Å². The lowest BCUT2D eigenvalue weighted by molar-refractivity contribution is 1.34. The van der Waals surface area contributed by atoms with Gasteiger partial charge in [0.1, 0.15) is 15.7 Å². The van der Waals surface area contributed by atoms with Gasteiger partial charge in [0, 0.05) is 25.9 Å². The summed E-state index contributed by atoms with van der Waals surface area (Å²) in [5.41, 5.74) is 5.43. The molecule has 0 aliphatic heterocycles. The molecular formula is C21H18B2S2. The van der Waals surface area contributed by atoms with Crippen molar-refractivity contribution in [1.82, 2.24) is 0 Å². The molecule has 0 aliphatic rings. The summed E-state index contributed by atoms with van der Waals surface area (Å²) in [6, 6.07) is 26.0. The van der Waals surface area contributed by atoms with Crippen LogP contribution in [0.4, 0.5) is 0 Å². The molecule has 0 saturated heterocycles. The summed E-state index contributed by atoms with van der Waals surface area (Å²) < 4.78 is 0. The first-order chi connectivity index (χ1) is 12.2. The molecule has 25 heavy (non-hydrogen) atoms. The summed E-state index contributed by atoms with van der Waals surface area (Å²) >= 11 is 3.86. The first kappa shape index (κ1) is 16.4. The Bertz CT molecular complexity index is 904. The number of hydrogen-bond donors (Lipinski definition) is 0. The van der Waals surface area contributed by atoms with Gasteiger partial charge in [0.2, 0.25) is 0 Å². The first-order valence-electron chi connectivity index (χ1n) is 8.50. The van der Waals surface area contributed by atoms with Gasteiger partial charge < -0.3 is 0 Å². The lowest BCUT2D eigenvalue weighted by Gasteiger charge is -1.99. The van der Waals surface area contributed by atoms with Crippen molar-refractivity contribution in [3.8, 4) is 20.9 Å². The molecule has 0 fully saturated rings. The van der Waals surface area contributed by atoms with E-state index < -0.39 is 0 Å². The van der Waals surface area contributed by atoms with Gasteiger partial charge in [-0.05, 0) is 23.3 Å². The highest BCUT2D eigenvalue weighted by molar-refractivity contribution is 7.18. The van der Waals surface area contributed by atoms with E-state index in [1.165, 1.54) is 41.6 Å². The van der Waals surface area contributed by atoms with Crippen LogP contribution in [-0.4, -0.2) is 15.7 Å².